The van der Waals surface area contributed by atoms with E-state index in [0.29, 0.717) is 19.5 Å². The van der Waals surface area contributed by atoms with Crippen LogP contribution >= 0.6 is 0 Å². The molecule has 0 bridgehead atoms. The number of urea groups is 1. The number of amides is 3. The van der Waals surface area contributed by atoms with Crippen LogP contribution in [0.4, 0.5) is 4.79 Å². The van der Waals surface area contributed by atoms with Gasteiger partial charge in [0.05, 0.1) is 6.10 Å². The Labute approximate surface area is 114 Å². The van der Waals surface area contributed by atoms with E-state index in [-0.39, 0.29) is 23.8 Å². The van der Waals surface area contributed by atoms with Crippen molar-refractivity contribution in [2.24, 2.45) is 17.6 Å². The van der Waals surface area contributed by atoms with Crippen molar-refractivity contribution in [3.63, 3.8) is 0 Å². The van der Waals surface area contributed by atoms with Crippen molar-refractivity contribution in [3.8, 4) is 0 Å². The number of rotatable bonds is 4. The Bertz CT molecular complexity index is 333. The summed E-state index contributed by atoms with van der Waals surface area (Å²) in [5, 5.41) is 12.8. The van der Waals surface area contributed by atoms with Crippen molar-refractivity contribution >= 4 is 11.9 Å². The summed E-state index contributed by atoms with van der Waals surface area (Å²) in [6.45, 7) is 6.38. The van der Waals surface area contributed by atoms with Gasteiger partial charge in [0.2, 0.25) is 5.91 Å². The van der Waals surface area contributed by atoms with E-state index in [1.165, 1.54) is 6.92 Å². The van der Waals surface area contributed by atoms with Crippen LogP contribution in [0.5, 0.6) is 0 Å². The molecule has 0 aromatic heterocycles. The standard InChI is InChI=1S/C13H25N3O3/c1-8(2)12(18)5-10-4-11(15-9(3)17)7-16(6-10)13(14)19/h8,10-12,18H,4-7H2,1-3H3,(H2,14,19)(H,15,17). The Hall–Kier alpha value is -1.30. The molecule has 0 spiro atoms. The third-order valence-electron chi connectivity index (χ3n) is 3.60. The first-order valence-corrected chi connectivity index (χ1v) is 6.79. The van der Waals surface area contributed by atoms with E-state index in [2.05, 4.69) is 5.32 Å². The summed E-state index contributed by atoms with van der Waals surface area (Å²) in [5.41, 5.74) is 5.32. The Morgan fingerprint density at radius 3 is 2.53 bits per heavy atom. The Morgan fingerprint density at radius 2 is 2.05 bits per heavy atom. The van der Waals surface area contributed by atoms with Gasteiger partial charge in [0.1, 0.15) is 0 Å². The zero-order valence-corrected chi connectivity index (χ0v) is 11.9. The van der Waals surface area contributed by atoms with Crippen LogP contribution in [-0.2, 0) is 4.79 Å². The summed E-state index contributed by atoms with van der Waals surface area (Å²) in [7, 11) is 0. The van der Waals surface area contributed by atoms with Gasteiger partial charge in [0, 0.05) is 26.1 Å². The molecule has 19 heavy (non-hydrogen) atoms. The molecule has 0 aromatic carbocycles. The van der Waals surface area contributed by atoms with E-state index in [9.17, 15) is 14.7 Å². The molecule has 0 aromatic rings. The minimum atomic E-state index is -0.473. The van der Waals surface area contributed by atoms with Crippen molar-refractivity contribution in [1.29, 1.82) is 0 Å². The second-order valence-corrected chi connectivity index (χ2v) is 5.79. The molecule has 110 valence electrons. The molecule has 1 aliphatic rings. The lowest BCUT2D eigenvalue weighted by Crippen LogP contribution is -2.54. The number of nitrogens with two attached hydrogens (primary N) is 1. The fourth-order valence-corrected chi connectivity index (χ4v) is 2.56. The van der Waals surface area contributed by atoms with E-state index >= 15 is 0 Å². The summed E-state index contributed by atoms with van der Waals surface area (Å²) in [6.07, 6.45) is 1.00. The van der Waals surface area contributed by atoms with E-state index in [0.717, 1.165) is 6.42 Å². The molecule has 1 aliphatic heterocycles. The molecule has 3 atom stereocenters. The Kier molecular flexibility index (Phi) is 5.60. The van der Waals surface area contributed by atoms with Gasteiger partial charge in [0.15, 0.2) is 0 Å². The topological polar surface area (TPSA) is 95.7 Å². The van der Waals surface area contributed by atoms with Crippen molar-refractivity contribution in [2.75, 3.05) is 13.1 Å². The minimum absolute atomic E-state index is 0.0805. The van der Waals surface area contributed by atoms with Gasteiger partial charge in [-0.3, -0.25) is 4.79 Å². The SMILES string of the molecule is CC(=O)NC1CC(CC(O)C(C)C)CN(C(N)=O)C1. The second kappa shape index (κ2) is 6.75. The smallest absolute Gasteiger partial charge is 0.314 e. The van der Waals surface area contributed by atoms with Gasteiger partial charge in [-0.15, -0.1) is 0 Å². The highest BCUT2D eigenvalue weighted by atomic mass is 16.3. The lowest BCUT2D eigenvalue weighted by molar-refractivity contribution is -0.120. The first-order valence-electron chi connectivity index (χ1n) is 6.79. The van der Waals surface area contributed by atoms with Crippen molar-refractivity contribution in [2.45, 2.75) is 45.8 Å². The van der Waals surface area contributed by atoms with Gasteiger partial charge in [-0.05, 0) is 24.7 Å². The molecule has 3 unspecified atom stereocenters. The van der Waals surface area contributed by atoms with Crippen LogP contribution in [0.1, 0.15) is 33.6 Å². The average molecular weight is 271 g/mol. The Balaban J connectivity index is 2.64. The number of hydrogen-bond donors (Lipinski definition) is 3. The first-order chi connectivity index (χ1) is 8.79. The number of likely N-dealkylation sites (tertiary alicyclic amines) is 1. The number of aliphatic hydroxyl groups is 1. The quantitative estimate of drug-likeness (QED) is 0.686. The third-order valence-corrected chi connectivity index (χ3v) is 3.60. The van der Waals surface area contributed by atoms with Gasteiger partial charge >= 0.3 is 6.03 Å². The number of aliphatic hydroxyl groups excluding tert-OH is 1. The molecule has 1 rings (SSSR count). The van der Waals surface area contributed by atoms with Crippen LogP contribution < -0.4 is 11.1 Å². The van der Waals surface area contributed by atoms with Crippen molar-refractivity contribution < 1.29 is 14.7 Å². The fraction of sp³-hybridized carbons (Fsp3) is 0.846. The molecular weight excluding hydrogens is 246 g/mol. The predicted molar refractivity (Wildman–Crippen MR) is 72.3 cm³/mol. The maximum absolute atomic E-state index is 11.3. The van der Waals surface area contributed by atoms with E-state index in [4.69, 9.17) is 5.73 Å². The number of nitrogens with one attached hydrogen (secondary N) is 1. The van der Waals surface area contributed by atoms with Gasteiger partial charge in [-0.25, -0.2) is 4.79 Å². The number of hydrogen-bond acceptors (Lipinski definition) is 3. The fourth-order valence-electron chi connectivity index (χ4n) is 2.56. The number of carbonyl (C=O) groups is 2. The average Bonchev–Trinajstić information content (AvgIpc) is 2.27. The molecule has 6 nitrogen and oxygen atoms in total. The summed E-state index contributed by atoms with van der Waals surface area (Å²) < 4.78 is 0. The monoisotopic (exact) mass is 271 g/mol. The lowest BCUT2D eigenvalue weighted by Gasteiger charge is -2.38. The van der Waals surface area contributed by atoms with Crippen molar-refractivity contribution in [3.05, 3.63) is 0 Å². The molecule has 0 saturated carbocycles. The summed E-state index contributed by atoms with van der Waals surface area (Å²) >= 11 is 0. The van der Waals surface area contributed by atoms with Crippen LogP contribution in [0.2, 0.25) is 0 Å². The number of primary amides is 1. The molecule has 1 fully saturated rings. The minimum Gasteiger partial charge on any atom is -0.393 e. The summed E-state index contributed by atoms with van der Waals surface area (Å²) in [6, 6.07) is -0.554. The maximum Gasteiger partial charge on any atom is 0.314 e. The van der Waals surface area contributed by atoms with E-state index < -0.39 is 12.1 Å². The Morgan fingerprint density at radius 1 is 1.42 bits per heavy atom. The largest absolute Gasteiger partial charge is 0.393 e. The third kappa shape index (κ3) is 5.06. The highest BCUT2D eigenvalue weighted by molar-refractivity contribution is 5.74. The van der Waals surface area contributed by atoms with Gasteiger partial charge in [0.25, 0.3) is 0 Å². The lowest BCUT2D eigenvalue weighted by atomic mass is 9.87. The van der Waals surface area contributed by atoms with Crippen molar-refractivity contribution in [1.82, 2.24) is 10.2 Å². The van der Waals surface area contributed by atoms with Gasteiger partial charge in [-0.2, -0.15) is 0 Å². The summed E-state index contributed by atoms with van der Waals surface area (Å²) in [4.78, 5) is 24.0. The number of piperidine rings is 1. The number of nitrogens with zero attached hydrogens (tertiary/aromatic N) is 1. The highest BCUT2D eigenvalue weighted by Crippen LogP contribution is 2.23. The normalized spacial score (nSPS) is 25.2. The zero-order valence-electron chi connectivity index (χ0n) is 11.9. The van der Waals surface area contributed by atoms with Crippen LogP contribution in [0.15, 0.2) is 0 Å². The van der Waals surface area contributed by atoms with Crippen LogP contribution in [0.3, 0.4) is 0 Å². The summed E-state index contributed by atoms with van der Waals surface area (Å²) in [5.74, 6) is 0.234. The molecule has 1 heterocycles. The highest BCUT2D eigenvalue weighted by Gasteiger charge is 2.31. The molecular formula is C13H25N3O3. The molecule has 6 heteroatoms. The molecule has 3 amide bonds. The molecule has 4 N–H and O–H groups in total. The van der Waals surface area contributed by atoms with E-state index in [1.54, 1.807) is 4.90 Å². The molecule has 1 saturated heterocycles. The number of carbonyl (C=O) groups excluding carboxylic acids is 2. The predicted octanol–water partition coefficient (Wildman–Crippen LogP) is 0.299. The zero-order chi connectivity index (χ0) is 14.6. The van der Waals surface area contributed by atoms with Crippen LogP contribution in [-0.4, -0.2) is 47.2 Å². The van der Waals surface area contributed by atoms with Gasteiger partial charge in [-0.1, -0.05) is 13.8 Å². The second-order valence-electron chi connectivity index (χ2n) is 5.79. The maximum atomic E-state index is 11.3. The van der Waals surface area contributed by atoms with Crippen LogP contribution in [0, 0.1) is 11.8 Å². The first kappa shape index (κ1) is 15.8. The molecule has 0 aliphatic carbocycles. The molecule has 0 radical (unpaired) electrons. The van der Waals surface area contributed by atoms with Crippen LogP contribution in [0.25, 0.3) is 0 Å². The van der Waals surface area contributed by atoms with E-state index in [1.807, 2.05) is 13.8 Å². The van der Waals surface area contributed by atoms with Gasteiger partial charge < -0.3 is 21.1 Å².